The molecule has 0 saturated heterocycles. The molecule has 0 spiro atoms. The van der Waals surface area contributed by atoms with E-state index < -0.39 is 0 Å². The summed E-state index contributed by atoms with van der Waals surface area (Å²) in [6.07, 6.45) is 2.06. The summed E-state index contributed by atoms with van der Waals surface area (Å²) in [7, 11) is 3.21. The van der Waals surface area contributed by atoms with Crippen molar-refractivity contribution in [3.63, 3.8) is 0 Å². The molecule has 0 aliphatic carbocycles. The van der Waals surface area contributed by atoms with E-state index in [-0.39, 0.29) is 11.9 Å². The molecular weight excluding hydrogens is 292 g/mol. The van der Waals surface area contributed by atoms with Crippen molar-refractivity contribution in [1.29, 1.82) is 0 Å². The standard InChI is InChI=1S/C18H22N2O3/c1-12-16(22-3)10-14(11-17(12)23-4)18(21)20-9-8-19-7-5-6-15(19)13(20)2/h5-7,10-11,13H,8-9H2,1-4H3. The van der Waals surface area contributed by atoms with Gasteiger partial charge in [0.25, 0.3) is 5.91 Å². The van der Waals surface area contributed by atoms with E-state index in [9.17, 15) is 4.79 Å². The zero-order valence-corrected chi connectivity index (χ0v) is 14.0. The first-order chi connectivity index (χ1) is 11.1. The van der Waals surface area contributed by atoms with Crippen molar-refractivity contribution in [1.82, 2.24) is 9.47 Å². The number of benzene rings is 1. The van der Waals surface area contributed by atoms with Crippen LogP contribution in [0.1, 0.15) is 34.6 Å². The number of nitrogens with zero attached hydrogens (tertiary/aromatic N) is 2. The van der Waals surface area contributed by atoms with E-state index in [4.69, 9.17) is 9.47 Å². The van der Waals surface area contributed by atoms with E-state index in [0.717, 1.165) is 17.8 Å². The van der Waals surface area contributed by atoms with Crippen LogP contribution in [0.25, 0.3) is 0 Å². The molecule has 1 amide bonds. The van der Waals surface area contributed by atoms with E-state index in [1.54, 1.807) is 26.4 Å². The highest BCUT2D eigenvalue weighted by molar-refractivity contribution is 5.95. The molecule has 3 rings (SSSR count). The molecule has 0 saturated carbocycles. The molecule has 1 aromatic carbocycles. The second-order valence-corrected chi connectivity index (χ2v) is 5.81. The lowest BCUT2D eigenvalue weighted by atomic mass is 10.1. The van der Waals surface area contributed by atoms with Crippen molar-refractivity contribution in [3.8, 4) is 11.5 Å². The van der Waals surface area contributed by atoms with Crippen LogP contribution >= 0.6 is 0 Å². The largest absolute Gasteiger partial charge is 0.496 e. The lowest BCUT2D eigenvalue weighted by Crippen LogP contribution is -2.40. The molecule has 0 bridgehead atoms. The molecule has 23 heavy (non-hydrogen) atoms. The van der Waals surface area contributed by atoms with Crippen molar-refractivity contribution in [2.75, 3.05) is 20.8 Å². The average molecular weight is 314 g/mol. The number of amides is 1. The summed E-state index contributed by atoms with van der Waals surface area (Å²) >= 11 is 0. The third-order valence-corrected chi connectivity index (χ3v) is 4.60. The molecule has 0 fully saturated rings. The van der Waals surface area contributed by atoms with Crippen molar-refractivity contribution in [2.24, 2.45) is 0 Å². The van der Waals surface area contributed by atoms with Crippen LogP contribution in [-0.2, 0) is 6.54 Å². The van der Waals surface area contributed by atoms with E-state index in [0.29, 0.717) is 23.6 Å². The monoisotopic (exact) mass is 314 g/mol. The Hall–Kier alpha value is -2.43. The zero-order chi connectivity index (χ0) is 16.6. The van der Waals surface area contributed by atoms with Crippen LogP contribution in [0.3, 0.4) is 0 Å². The van der Waals surface area contributed by atoms with Gasteiger partial charge in [0.05, 0.1) is 20.3 Å². The van der Waals surface area contributed by atoms with Crippen LogP contribution < -0.4 is 9.47 Å². The van der Waals surface area contributed by atoms with Crippen LogP contribution in [-0.4, -0.2) is 36.1 Å². The van der Waals surface area contributed by atoms with Gasteiger partial charge in [-0.3, -0.25) is 4.79 Å². The quantitative estimate of drug-likeness (QED) is 0.874. The minimum Gasteiger partial charge on any atom is -0.496 e. The number of carbonyl (C=O) groups excluding carboxylic acids is 1. The van der Waals surface area contributed by atoms with Gasteiger partial charge in [0.15, 0.2) is 0 Å². The molecule has 1 unspecified atom stereocenters. The smallest absolute Gasteiger partial charge is 0.254 e. The number of methoxy groups -OCH3 is 2. The highest BCUT2D eigenvalue weighted by atomic mass is 16.5. The minimum atomic E-state index is 0.00144. The summed E-state index contributed by atoms with van der Waals surface area (Å²) in [5.41, 5.74) is 2.65. The summed E-state index contributed by atoms with van der Waals surface area (Å²) < 4.78 is 13.0. The van der Waals surface area contributed by atoms with Crippen LogP contribution in [0.4, 0.5) is 0 Å². The lowest BCUT2D eigenvalue weighted by Gasteiger charge is -2.35. The van der Waals surface area contributed by atoms with Gasteiger partial charge < -0.3 is 18.9 Å². The number of aromatic nitrogens is 1. The molecule has 0 N–H and O–H groups in total. The third-order valence-electron chi connectivity index (χ3n) is 4.60. The van der Waals surface area contributed by atoms with Gasteiger partial charge in [-0.25, -0.2) is 0 Å². The molecule has 5 heteroatoms. The molecule has 1 aliphatic heterocycles. The van der Waals surface area contributed by atoms with Crippen molar-refractivity contribution in [3.05, 3.63) is 47.3 Å². The summed E-state index contributed by atoms with van der Waals surface area (Å²) in [5.74, 6) is 1.34. The van der Waals surface area contributed by atoms with Gasteiger partial charge in [-0.2, -0.15) is 0 Å². The third kappa shape index (κ3) is 2.56. The Morgan fingerprint density at radius 3 is 2.43 bits per heavy atom. The van der Waals surface area contributed by atoms with E-state index in [1.807, 2.05) is 17.9 Å². The molecule has 5 nitrogen and oxygen atoms in total. The minimum absolute atomic E-state index is 0.00144. The lowest BCUT2D eigenvalue weighted by molar-refractivity contribution is 0.0643. The Morgan fingerprint density at radius 2 is 1.83 bits per heavy atom. The molecule has 2 heterocycles. The Bertz CT molecular complexity index is 711. The fourth-order valence-electron chi connectivity index (χ4n) is 3.23. The maximum atomic E-state index is 13.0. The Kier molecular flexibility index (Phi) is 4.03. The molecule has 2 aromatic rings. The fourth-order valence-corrected chi connectivity index (χ4v) is 3.23. The van der Waals surface area contributed by atoms with Crippen molar-refractivity contribution < 1.29 is 14.3 Å². The first-order valence-electron chi connectivity index (χ1n) is 7.75. The molecule has 1 aromatic heterocycles. The maximum Gasteiger partial charge on any atom is 0.254 e. The number of hydrogen-bond acceptors (Lipinski definition) is 3. The van der Waals surface area contributed by atoms with E-state index >= 15 is 0 Å². The van der Waals surface area contributed by atoms with Crippen molar-refractivity contribution in [2.45, 2.75) is 26.4 Å². The number of fused-ring (bicyclic) bond motifs is 1. The van der Waals surface area contributed by atoms with Gasteiger partial charge in [0.2, 0.25) is 0 Å². The first kappa shape index (κ1) is 15.5. The second kappa shape index (κ2) is 5.99. The Balaban J connectivity index is 1.95. The summed E-state index contributed by atoms with van der Waals surface area (Å²) in [5, 5.41) is 0. The van der Waals surface area contributed by atoms with Crippen LogP contribution in [0.15, 0.2) is 30.5 Å². The van der Waals surface area contributed by atoms with Gasteiger partial charge in [-0.1, -0.05) is 0 Å². The van der Waals surface area contributed by atoms with Crippen LogP contribution in [0.2, 0.25) is 0 Å². The highest BCUT2D eigenvalue weighted by Crippen LogP contribution is 2.32. The Labute approximate surface area is 136 Å². The topological polar surface area (TPSA) is 43.7 Å². The van der Waals surface area contributed by atoms with Crippen molar-refractivity contribution >= 4 is 5.91 Å². The predicted molar refractivity (Wildman–Crippen MR) is 88.2 cm³/mol. The second-order valence-electron chi connectivity index (χ2n) is 5.81. The molecular formula is C18H22N2O3. The maximum absolute atomic E-state index is 13.0. The fraction of sp³-hybridized carbons (Fsp3) is 0.389. The van der Waals surface area contributed by atoms with Gasteiger partial charge in [-0.15, -0.1) is 0 Å². The molecule has 122 valence electrons. The molecule has 1 atom stereocenters. The number of hydrogen-bond donors (Lipinski definition) is 0. The summed E-state index contributed by atoms with van der Waals surface area (Å²) in [6.45, 7) is 5.49. The van der Waals surface area contributed by atoms with Gasteiger partial charge in [0.1, 0.15) is 11.5 Å². The zero-order valence-electron chi connectivity index (χ0n) is 14.0. The predicted octanol–water partition coefficient (Wildman–Crippen LogP) is 3.03. The number of carbonyl (C=O) groups is 1. The summed E-state index contributed by atoms with van der Waals surface area (Å²) in [6, 6.07) is 7.73. The Morgan fingerprint density at radius 1 is 1.17 bits per heavy atom. The first-order valence-corrected chi connectivity index (χ1v) is 7.75. The van der Waals surface area contributed by atoms with Gasteiger partial charge in [0, 0.05) is 36.1 Å². The SMILES string of the molecule is COc1cc(C(=O)N2CCn3cccc3C2C)cc(OC)c1C. The van der Waals surface area contributed by atoms with Gasteiger partial charge >= 0.3 is 0 Å². The van der Waals surface area contributed by atoms with Gasteiger partial charge in [-0.05, 0) is 38.1 Å². The number of rotatable bonds is 3. The molecule has 1 aliphatic rings. The molecule has 0 radical (unpaired) electrons. The highest BCUT2D eigenvalue weighted by Gasteiger charge is 2.29. The van der Waals surface area contributed by atoms with E-state index in [2.05, 4.69) is 23.8 Å². The van der Waals surface area contributed by atoms with Crippen LogP contribution in [0, 0.1) is 6.92 Å². The summed E-state index contributed by atoms with van der Waals surface area (Å²) in [4.78, 5) is 14.9. The van der Waals surface area contributed by atoms with E-state index in [1.165, 1.54) is 0 Å². The number of ether oxygens (including phenoxy) is 2. The normalized spacial score (nSPS) is 16.9. The van der Waals surface area contributed by atoms with Crippen LogP contribution in [0.5, 0.6) is 11.5 Å². The average Bonchev–Trinajstić information content (AvgIpc) is 3.04.